The summed E-state index contributed by atoms with van der Waals surface area (Å²) in [4.78, 5) is 1.19. The van der Waals surface area contributed by atoms with Gasteiger partial charge in [-0.25, -0.2) is 0 Å². The lowest BCUT2D eigenvalue weighted by molar-refractivity contribution is 0.403. The normalized spacial score (nSPS) is 12.4. The number of thioether (sulfide) groups is 1. The van der Waals surface area contributed by atoms with E-state index in [0.29, 0.717) is 0 Å². The van der Waals surface area contributed by atoms with Gasteiger partial charge in [0.25, 0.3) is 0 Å². The van der Waals surface area contributed by atoms with Crippen LogP contribution in [-0.2, 0) is 6.54 Å². The zero-order chi connectivity index (χ0) is 15.2. The minimum Gasteiger partial charge on any atom is -0.493 e. The fourth-order valence-corrected chi connectivity index (χ4v) is 3.65. The summed E-state index contributed by atoms with van der Waals surface area (Å²) in [6.45, 7) is 2.98. The lowest BCUT2D eigenvalue weighted by atomic mass is 10.2. The van der Waals surface area contributed by atoms with Crippen molar-refractivity contribution in [2.24, 2.45) is 5.73 Å². The van der Waals surface area contributed by atoms with Gasteiger partial charge < -0.3 is 10.5 Å². The van der Waals surface area contributed by atoms with Crippen molar-refractivity contribution < 1.29 is 4.74 Å². The molecule has 6 heteroatoms. The highest BCUT2D eigenvalue weighted by atomic mass is 79.9. The first-order valence-corrected chi connectivity index (χ1v) is 8.67. The maximum atomic E-state index is 6.37. The van der Waals surface area contributed by atoms with Crippen LogP contribution in [0, 0.1) is 0 Å². The van der Waals surface area contributed by atoms with Crippen molar-refractivity contribution in [3.63, 3.8) is 0 Å². The van der Waals surface area contributed by atoms with Crippen LogP contribution in [0.5, 0.6) is 5.75 Å². The van der Waals surface area contributed by atoms with E-state index in [4.69, 9.17) is 10.5 Å². The molecule has 2 rings (SSSR count). The van der Waals surface area contributed by atoms with Gasteiger partial charge in [-0.05, 0) is 34.5 Å². The number of nitrogens with two attached hydrogens (primary N) is 1. The van der Waals surface area contributed by atoms with Crippen LogP contribution in [0.15, 0.2) is 39.8 Å². The zero-order valence-electron chi connectivity index (χ0n) is 12.3. The molecule has 0 aliphatic carbocycles. The lowest BCUT2D eigenvalue weighted by Crippen LogP contribution is -2.19. The number of aromatic nitrogens is 2. The number of nitrogens with zero attached hydrogens (tertiary/aromatic N) is 2. The molecular weight excluding hydrogens is 350 g/mol. The molecular formula is C15H20BrN3OS. The molecule has 0 aliphatic heterocycles. The van der Waals surface area contributed by atoms with E-state index in [1.54, 1.807) is 25.1 Å². The quantitative estimate of drug-likeness (QED) is 0.752. The van der Waals surface area contributed by atoms with E-state index in [-0.39, 0.29) is 6.04 Å². The number of hydrogen-bond donors (Lipinski definition) is 1. The Morgan fingerprint density at radius 3 is 2.86 bits per heavy atom. The fraction of sp³-hybridized carbons (Fsp3) is 0.400. The summed E-state index contributed by atoms with van der Waals surface area (Å²) in [6.07, 6.45) is 2.76. The third-order valence-electron chi connectivity index (χ3n) is 3.11. The van der Waals surface area contributed by atoms with E-state index < -0.39 is 0 Å². The van der Waals surface area contributed by atoms with Crippen molar-refractivity contribution >= 4 is 27.7 Å². The van der Waals surface area contributed by atoms with E-state index in [2.05, 4.69) is 34.0 Å². The maximum Gasteiger partial charge on any atom is 0.161 e. The van der Waals surface area contributed by atoms with Crippen molar-refractivity contribution in [3.8, 4) is 5.75 Å². The van der Waals surface area contributed by atoms with Crippen LogP contribution in [0.4, 0.5) is 0 Å². The van der Waals surface area contributed by atoms with E-state index in [1.807, 2.05) is 22.9 Å². The molecule has 114 valence electrons. The highest BCUT2D eigenvalue weighted by Crippen LogP contribution is 2.32. The van der Waals surface area contributed by atoms with Crippen LogP contribution in [0.25, 0.3) is 0 Å². The van der Waals surface area contributed by atoms with Gasteiger partial charge in [-0.2, -0.15) is 5.10 Å². The van der Waals surface area contributed by atoms with Gasteiger partial charge in [0.05, 0.1) is 25.0 Å². The molecule has 2 aromatic rings. The number of rotatable bonds is 7. The summed E-state index contributed by atoms with van der Waals surface area (Å²) in [5.74, 6) is 1.54. The highest BCUT2D eigenvalue weighted by Gasteiger charge is 2.19. The first kappa shape index (κ1) is 16.4. The standard InChI is InChI=1S/C15H20BrN3OS/c1-3-8-19-15(13(20-2)9-18-19)12(17)10-21-14-7-5-4-6-11(14)16/h4-7,9,12H,3,8,10,17H2,1-2H3. The minimum absolute atomic E-state index is 0.119. The molecule has 0 radical (unpaired) electrons. The Balaban J connectivity index is 2.11. The molecule has 0 aliphatic rings. The van der Waals surface area contributed by atoms with Gasteiger partial charge in [0.1, 0.15) is 0 Å². The number of halogens is 1. The fourth-order valence-electron chi connectivity index (χ4n) is 2.12. The minimum atomic E-state index is -0.119. The maximum absolute atomic E-state index is 6.37. The molecule has 0 saturated heterocycles. The van der Waals surface area contributed by atoms with E-state index in [0.717, 1.165) is 34.6 Å². The molecule has 4 nitrogen and oxygen atoms in total. The van der Waals surface area contributed by atoms with Crippen LogP contribution in [-0.4, -0.2) is 22.6 Å². The second-order valence-electron chi connectivity index (χ2n) is 4.67. The summed E-state index contributed by atoms with van der Waals surface area (Å²) in [7, 11) is 1.66. The Labute approximate surface area is 138 Å². The molecule has 0 bridgehead atoms. The Morgan fingerprint density at radius 2 is 2.19 bits per heavy atom. The predicted octanol–water partition coefficient (Wildman–Crippen LogP) is 3.86. The molecule has 0 saturated carbocycles. The molecule has 1 heterocycles. The van der Waals surface area contributed by atoms with Crippen LogP contribution in [0.2, 0.25) is 0 Å². The zero-order valence-corrected chi connectivity index (χ0v) is 14.7. The summed E-state index contributed by atoms with van der Waals surface area (Å²) in [5, 5.41) is 4.36. The highest BCUT2D eigenvalue weighted by molar-refractivity contribution is 9.10. The molecule has 1 aromatic heterocycles. The number of aryl methyl sites for hydroxylation is 1. The SMILES string of the molecule is CCCn1ncc(OC)c1C(N)CSc1ccccc1Br. The number of hydrogen-bond acceptors (Lipinski definition) is 4. The van der Waals surface area contributed by atoms with E-state index in [9.17, 15) is 0 Å². The van der Waals surface area contributed by atoms with Gasteiger partial charge in [-0.1, -0.05) is 19.1 Å². The number of methoxy groups -OCH3 is 1. The smallest absolute Gasteiger partial charge is 0.161 e. The van der Waals surface area contributed by atoms with Crippen molar-refractivity contribution in [2.45, 2.75) is 30.8 Å². The van der Waals surface area contributed by atoms with E-state index in [1.165, 1.54) is 4.90 Å². The average Bonchev–Trinajstić information content (AvgIpc) is 2.89. The van der Waals surface area contributed by atoms with Gasteiger partial charge in [0.2, 0.25) is 0 Å². The molecule has 0 amide bonds. The van der Waals surface area contributed by atoms with Crippen molar-refractivity contribution in [1.29, 1.82) is 0 Å². The third kappa shape index (κ3) is 4.02. The van der Waals surface area contributed by atoms with Gasteiger partial charge in [-0.15, -0.1) is 11.8 Å². The van der Waals surface area contributed by atoms with Gasteiger partial charge in [-0.3, -0.25) is 4.68 Å². The Bertz CT molecular complexity index is 588. The van der Waals surface area contributed by atoms with Gasteiger partial charge in [0, 0.05) is 21.7 Å². The molecule has 1 atom stereocenters. The summed E-state index contributed by atoms with van der Waals surface area (Å²) >= 11 is 5.29. The van der Waals surface area contributed by atoms with Crippen molar-refractivity contribution in [2.75, 3.05) is 12.9 Å². The number of benzene rings is 1. The molecule has 1 unspecified atom stereocenters. The second-order valence-corrected chi connectivity index (χ2v) is 6.59. The molecule has 2 N–H and O–H groups in total. The average molecular weight is 370 g/mol. The molecule has 0 spiro atoms. The monoisotopic (exact) mass is 369 g/mol. The first-order chi connectivity index (χ1) is 10.2. The van der Waals surface area contributed by atoms with Gasteiger partial charge in [0.15, 0.2) is 5.75 Å². The molecule has 0 fully saturated rings. The largest absolute Gasteiger partial charge is 0.493 e. The predicted molar refractivity (Wildman–Crippen MR) is 90.9 cm³/mol. The van der Waals surface area contributed by atoms with Crippen LogP contribution < -0.4 is 10.5 Å². The Hall–Kier alpha value is -0.980. The summed E-state index contributed by atoms with van der Waals surface area (Å²) < 4.78 is 8.43. The lowest BCUT2D eigenvalue weighted by Gasteiger charge is -2.15. The third-order valence-corrected chi connectivity index (χ3v) is 5.25. The van der Waals surface area contributed by atoms with Crippen LogP contribution >= 0.6 is 27.7 Å². The second kappa shape index (κ2) is 7.87. The first-order valence-electron chi connectivity index (χ1n) is 6.90. The van der Waals surface area contributed by atoms with Crippen molar-refractivity contribution in [1.82, 2.24) is 9.78 Å². The summed E-state index contributed by atoms with van der Waals surface area (Å²) in [5.41, 5.74) is 7.34. The van der Waals surface area contributed by atoms with Crippen LogP contribution in [0.3, 0.4) is 0 Å². The summed E-state index contributed by atoms with van der Waals surface area (Å²) in [6, 6.07) is 8.04. The molecule has 1 aromatic carbocycles. The van der Waals surface area contributed by atoms with Gasteiger partial charge >= 0.3 is 0 Å². The van der Waals surface area contributed by atoms with Crippen LogP contribution in [0.1, 0.15) is 25.1 Å². The molecule has 21 heavy (non-hydrogen) atoms. The van der Waals surface area contributed by atoms with Crippen molar-refractivity contribution in [3.05, 3.63) is 40.6 Å². The number of ether oxygens (including phenoxy) is 1. The Kier molecular flexibility index (Phi) is 6.14. The Morgan fingerprint density at radius 1 is 1.43 bits per heavy atom. The van der Waals surface area contributed by atoms with E-state index >= 15 is 0 Å². The topological polar surface area (TPSA) is 53.1 Å².